The average Bonchev–Trinajstić information content (AvgIpc) is 2.71. The van der Waals surface area contributed by atoms with Crippen LogP contribution in [0.15, 0.2) is 59.5 Å². The lowest BCUT2D eigenvalue weighted by atomic mass is 10.1. The quantitative estimate of drug-likeness (QED) is 0.482. The lowest BCUT2D eigenvalue weighted by Gasteiger charge is -2.24. The molecule has 0 saturated heterocycles. The summed E-state index contributed by atoms with van der Waals surface area (Å²) in [6.07, 6.45) is 0. The van der Waals surface area contributed by atoms with Crippen molar-refractivity contribution in [2.45, 2.75) is 32.2 Å². The third kappa shape index (κ3) is 5.76. The predicted molar refractivity (Wildman–Crippen MR) is 125 cm³/mol. The number of nitrogens with one attached hydrogen (secondary N) is 1. The Kier molecular flexibility index (Phi) is 7.51. The molecule has 0 atom stereocenters. The van der Waals surface area contributed by atoms with Crippen LogP contribution < -0.4 is 5.32 Å². The predicted octanol–water partition coefficient (Wildman–Crippen LogP) is 5.37. The van der Waals surface area contributed by atoms with Crippen molar-refractivity contribution in [3.8, 4) is 0 Å². The maximum absolute atomic E-state index is 14.0. The second-order valence-electron chi connectivity index (χ2n) is 7.77. The molecule has 0 heterocycles. The van der Waals surface area contributed by atoms with Gasteiger partial charge in [-0.15, -0.1) is 0 Å². The zero-order chi connectivity index (χ0) is 24.3. The molecular formula is C24H23ClF2N2O3S. The first-order chi connectivity index (χ1) is 15.5. The molecule has 0 radical (unpaired) electrons. The third-order valence-electron chi connectivity index (χ3n) is 5.02. The minimum atomic E-state index is -4.14. The van der Waals surface area contributed by atoms with Crippen LogP contribution >= 0.6 is 11.6 Å². The number of anilines is 1. The van der Waals surface area contributed by atoms with Crippen molar-refractivity contribution in [3.63, 3.8) is 0 Å². The molecule has 9 heteroatoms. The number of benzene rings is 3. The molecule has 3 rings (SSSR count). The number of aryl methyl sites for hydroxylation is 3. The Labute approximate surface area is 197 Å². The van der Waals surface area contributed by atoms with E-state index in [0.29, 0.717) is 21.7 Å². The summed E-state index contributed by atoms with van der Waals surface area (Å²) in [6.45, 7) is 4.44. The number of carbonyl (C=O) groups excluding carboxylic acids is 1. The number of halogens is 3. The van der Waals surface area contributed by atoms with Crippen molar-refractivity contribution in [2.24, 2.45) is 0 Å². The molecule has 1 N–H and O–H groups in total. The highest BCUT2D eigenvalue weighted by atomic mass is 35.5. The van der Waals surface area contributed by atoms with Gasteiger partial charge in [-0.05, 0) is 61.7 Å². The zero-order valence-corrected chi connectivity index (χ0v) is 19.9. The first-order valence-electron chi connectivity index (χ1n) is 10.1. The Hall–Kier alpha value is -2.81. The zero-order valence-electron chi connectivity index (χ0n) is 18.3. The number of rotatable bonds is 7. The van der Waals surface area contributed by atoms with Gasteiger partial charge in [0.2, 0.25) is 15.9 Å². The van der Waals surface area contributed by atoms with E-state index in [1.165, 1.54) is 6.07 Å². The van der Waals surface area contributed by atoms with E-state index in [-0.39, 0.29) is 11.4 Å². The highest BCUT2D eigenvalue weighted by Gasteiger charge is 2.30. The van der Waals surface area contributed by atoms with E-state index in [0.717, 1.165) is 22.0 Å². The molecule has 33 heavy (non-hydrogen) atoms. The lowest BCUT2D eigenvalue weighted by molar-refractivity contribution is -0.116. The summed E-state index contributed by atoms with van der Waals surface area (Å²) >= 11 is 5.93. The first-order valence-corrected chi connectivity index (χ1v) is 11.9. The molecule has 0 aliphatic rings. The van der Waals surface area contributed by atoms with Crippen LogP contribution in [-0.4, -0.2) is 25.2 Å². The summed E-state index contributed by atoms with van der Waals surface area (Å²) in [6, 6.07) is 13.2. The van der Waals surface area contributed by atoms with Gasteiger partial charge in [-0.1, -0.05) is 47.5 Å². The smallest absolute Gasteiger partial charge is 0.244 e. The van der Waals surface area contributed by atoms with Gasteiger partial charge in [-0.3, -0.25) is 4.79 Å². The van der Waals surface area contributed by atoms with Crippen LogP contribution in [-0.2, 0) is 21.4 Å². The van der Waals surface area contributed by atoms with Crippen molar-refractivity contribution in [3.05, 3.63) is 93.5 Å². The van der Waals surface area contributed by atoms with E-state index >= 15 is 0 Å². The van der Waals surface area contributed by atoms with Crippen LogP contribution in [0.4, 0.5) is 14.5 Å². The molecule has 0 aliphatic carbocycles. The van der Waals surface area contributed by atoms with Gasteiger partial charge >= 0.3 is 0 Å². The van der Waals surface area contributed by atoms with Crippen LogP contribution in [0.2, 0.25) is 5.02 Å². The summed E-state index contributed by atoms with van der Waals surface area (Å²) in [5.41, 5.74) is 1.94. The number of hydrogen-bond donors (Lipinski definition) is 1. The van der Waals surface area contributed by atoms with Crippen molar-refractivity contribution in [2.75, 3.05) is 11.9 Å². The first kappa shape index (κ1) is 24.8. The van der Waals surface area contributed by atoms with Crippen molar-refractivity contribution >= 4 is 33.2 Å². The molecule has 0 aliphatic heterocycles. The molecule has 5 nitrogen and oxygen atoms in total. The van der Waals surface area contributed by atoms with Gasteiger partial charge in [0.25, 0.3) is 0 Å². The van der Waals surface area contributed by atoms with Crippen molar-refractivity contribution < 1.29 is 22.0 Å². The molecule has 174 valence electrons. The lowest BCUT2D eigenvalue weighted by Crippen LogP contribution is -2.38. The molecule has 0 unspecified atom stereocenters. The Morgan fingerprint density at radius 3 is 2.06 bits per heavy atom. The highest BCUT2D eigenvalue weighted by molar-refractivity contribution is 7.89. The van der Waals surface area contributed by atoms with Gasteiger partial charge in [-0.25, -0.2) is 17.2 Å². The Balaban J connectivity index is 1.99. The summed E-state index contributed by atoms with van der Waals surface area (Å²) in [7, 11) is -4.14. The molecule has 3 aromatic carbocycles. The van der Waals surface area contributed by atoms with Crippen LogP contribution in [0, 0.1) is 32.4 Å². The van der Waals surface area contributed by atoms with Gasteiger partial charge in [-0.2, -0.15) is 4.31 Å². The fraction of sp³-hybridized carbons (Fsp3) is 0.208. The van der Waals surface area contributed by atoms with Crippen molar-refractivity contribution in [1.82, 2.24) is 4.31 Å². The third-order valence-corrected chi connectivity index (χ3v) is 7.37. The number of amides is 1. The summed E-state index contributed by atoms with van der Waals surface area (Å²) < 4.78 is 56.2. The molecule has 0 fully saturated rings. The van der Waals surface area contributed by atoms with Crippen molar-refractivity contribution in [1.29, 1.82) is 0 Å². The number of nitrogens with zero attached hydrogens (tertiary/aromatic N) is 1. The topological polar surface area (TPSA) is 66.5 Å². The molecule has 1 amide bonds. The number of sulfonamides is 1. The fourth-order valence-corrected chi connectivity index (χ4v) is 5.60. The molecule has 0 saturated carbocycles. The standard InChI is InChI=1S/C24H23ClF2N2O3S/c1-15-11-16(2)24(17(3)12-15)33(31,32)29(13-18-7-9-19(25)10-8-18)14-22(30)28-23-20(26)5-4-6-21(23)27/h4-12H,13-14H2,1-3H3,(H,28,30). The van der Waals surface area contributed by atoms with Gasteiger partial charge < -0.3 is 5.32 Å². The Morgan fingerprint density at radius 2 is 1.52 bits per heavy atom. The Morgan fingerprint density at radius 1 is 0.970 bits per heavy atom. The maximum Gasteiger partial charge on any atom is 0.244 e. The minimum Gasteiger partial charge on any atom is -0.320 e. The van der Waals surface area contributed by atoms with Crippen LogP contribution in [0.25, 0.3) is 0 Å². The van der Waals surface area contributed by atoms with Gasteiger partial charge in [0.05, 0.1) is 11.4 Å². The van der Waals surface area contributed by atoms with E-state index in [4.69, 9.17) is 11.6 Å². The number of hydrogen-bond acceptors (Lipinski definition) is 3. The normalized spacial score (nSPS) is 11.6. The van der Waals surface area contributed by atoms with Gasteiger partial charge in [0.15, 0.2) is 0 Å². The molecular weight excluding hydrogens is 470 g/mol. The second-order valence-corrected chi connectivity index (χ2v) is 10.1. The van der Waals surface area contributed by atoms with E-state index < -0.39 is 39.8 Å². The van der Waals surface area contributed by atoms with E-state index in [1.54, 1.807) is 50.2 Å². The minimum absolute atomic E-state index is 0.0898. The largest absolute Gasteiger partial charge is 0.320 e. The second kappa shape index (κ2) is 9.99. The SMILES string of the molecule is Cc1cc(C)c(S(=O)(=O)N(CC(=O)Nc2c(F)cccc2F)Cc2ccc(Cl)cc2)c(C)c1. The summed E-state index contributed by atoms with van der Waals surface area (Å²) in [4.78, 5) is 12.8. The Bertz CT molecular complexity index is 1250. The average molecular weight is 493 g/mol. The molecule has 0 aromatic heterocycles. The monoisotopic (exact) mass is 492 g/mol. The van der Waals surface area contributed by atoms with Crippen LogP contribution in [0.3, 0.4) is 0 Å². The van der Waals surface area contributed by atoms with Crippen LogP contribution in [0.1, 0.15) is 22.3 Å². The summed E-state index contributed by atoms with van der Waals surface area (Å²) in [5.74, 6) is -2.79. The van der Waals surface area contributed by atoms with E-state index in [9.17, 15) is 22.0 Å². The van der Waals surface area contributed by atoms with Gasteiger partial charge in [0, 0.05) is 11.6 Å². The summed E-state index contributed by atoms with van der Waals surface area (Å²) in [5, 5.41) is 2.63. The fourth-order valence-electron chi connectivity index (χ4n) is 3.68. The highest BCUT2D eigenvalue weighted by Crippen LogP contribution is 2.27. The molecule has 0 bridgehead atoms. The number of para-hydroxylation sites is 1. The van der Waals surface area contributed by atoms with Gasteiger partial charge in [0.1, 0.15) is 17.3 Å². The number of carbonyl (C=O) groups is 1. The van der Waals surface area contributed by atoms with E-state index in [1.807, 2.05) is 6.92 Å². The molecule has 0 spiro atoms. The van der Waals surface area contributed by atoms with E-state index in [2.05, 4.69) is 5.32 Å². The maximum atomic E-state index is 14.0. The molecule has 3 aromatic rings. The van der Waals surface area contributed by atoms with Crippen LogP contribution in [0.5, 0.6) is 0 Å².